The summed E-state index contributed by atoms with van der Waals surface area (Å²) < 4.78 is 52.4. The van der Waals surface area contributed by atoms with E-state index in [1.165, 1.54) is 0 Å². The van der Waals surface area contributed by atoms with Gasteiger partial charge in [0, 0.05) is 8.04 Å². The lowest BCUT2D eigenvalue weighted by Crippen LogP contribution is -2.18. The molecular weight excluding hydrogens is 383 g/mol. The molecule has 0 fully saturated rings. The van der Waals surface area contributed by atoms with Gasteiger partial charge in [-0.15, -0.1) is 13.2 Å². The van der Waals surface area contributed by atoms with Gasteiger partial charge in [0.15, 0.2) is 11.6 Å². The van der Waals surface area contributed by atoms with Crippen LogP contribution < -0.4 is 4.74 Å². The quantitative estimate of drug-likeness (QED) is 0.402. The summed E-state index contributed by atoms with van der Waals surface area (Å²) in [5.74, 6) is -1.89. The van der Waals surface area contributed by atoms with Crippen molar-refractivity contribution in [3.8, 4) is 5.75 Å². The Hall–Kier alpha value is -0.0500. The summed E-state index contributed by atoms with van der Waals surface area (Å²) in [6.07, 6.45) is -4.88. The van der Waals surface area contributed by atoms with Crippen molar-refractivity contribution in [1.82, 2.24) is 0 Å². The highest BCUT2D eigenvalue weighted by Crippen LogP contribution is 2.31. The highest BCUT2D eigenvalue weighted by Gasteiger charge is 2.32. The van der Waals surface area contributed by atoms with Crippen molar-refractivity contribution in [3.63, 3.8) is 0 Å². The minimum absolute atomic E-state index is 0.346. The number of benzene rings is 1. The molecule has 0 aliphatic rings. The molecule has 0 saturated heterocycles. The third-order valence-electron chi connectivity index (χ3n) is 1.20. The first-order valence-corrected chi connectivity index (χ1v) is 5.07. The molecule has 0 amide bonds. The first-order valence-electron chi connectivity index (χ1n) is 3.20. The summed E-state index contributed by atoms with van der Waals surface area (Å²) in [4.78, 5) is 0. The van der Waals surface area contributed by atoms with Gasteiger partial charge >= 0.3 is 6.36 Å². The predicted octanol–water partition coefficient (Wildman–Crippen LogP) is 4.09. The molecule has 1 nitrogen and oxygen atoms in total. The van der Waals surface area contributed by atoms with E-state index in [0.29, 0.717) is 8.04 Å². The van der Waals surface area contributed by atoms with Crippen LogP contribution >= 0.6 is 38.5 Å². The third-order valence-corrected chi connectivity index (χ3v) is 3.49. The monoisotopic (exact) mass is 384 g/mol. The van der Waals surface area contributed by atoms with Gasteiger partial charge in [0.25, 0.3) is 0 Å². The van der Waals surface area contributed by atoms with Crippen LogP contribution in [-0.2, 0) is 0 Å². The van der Waals surface area contributed by atoms with Crippen molar-refractivity contribution >= 4 is 38.5 Å². The molecule has 0 aliphatic carbocycles. The third kappa shape index (κ3) is 3.26. The first kappa shape index (κ1) is 12.0. The molecule has 14 heavy (non-hydrogen) atoms. The lowest BCUT2D eigenvalue weighted by Gasteiger charge is -2.10. The second kappa shape index (κ2) is 4.21. The molecule has 0 spiro atoms. The molecule has 0 unspecified atom stereocenters. The van der Waals surface area contributed by atoms with Crippen LogP contribution in [0.5, 0.6) is 5.75 Å². The van der Waals surface area contributed by atoms with Crippen LogP contribution in [0.1, 0.15) is 0 Å². The smallest absolute Gasteiger partial charge is 0.403 e. The van der Waals surface area contributed by atoms with Crippen molar-refractivity contribution in [1.29, 1.82) is 0 Å². The number of ether oxygens (including phenoxy) is 1. The maximum atomic E-state index is 12.9. The molecule has 0 aromatic heterocycles. The van der Waals surface area contributed by atoms with E-state index in [1.807, 2.05) is 0 Å². The van der Waals surface area contributed by atoms with E-state index in [9.17, 15) is 17.6 Å². The molecule has 1 rings (SSSR count). The van der Waals surface area contributed by atoms with E-state index in [-0.39, 0.29) is 0 Å². The molecule has 78 valence electrons. The van der Waals surface area contributed by atoms with Gasteiger partial charge in [0.05, 0.1) is 0 Å². The molecule has 0 atom stereocenters. The van der Waals surface area contributed by atoms with Gasteiger partial charge in [-0.2, -0.15) is 0 Å². The highest BCUT2D eigenvalue weighted by atomic mass is 127. The van der Waals surface area contributed by atoms with Crippen LogP contribution in [0, 0.1) is 9.39 Å². The van der Waals surface area contributed by atoms with Crippen molar-refractivity contribution in [2.24, 2.45) is 0 Å². The molecule has 0 heterocycles. The van der Waals surface area contributed by atoms with Gasteiger partial charge < -0.3 is 4.74 Å². The lowest BCUT2D eigenvalue weighted by molar-refractivity contribution is -0.275. The normalized spacial score (nSPS) is 11.6. The molecule has 1 aromatic carbocycles. The topological polar surface area (TPSA) is 9.23 Å². The van der Waals surface area contributed by atoms with Crippen molar-refractivity contribution in [3.05, 3.63) is 26.0 Å². The Labute approximate surface area is 98.7 Å². The van der Waals surface area contributed by atoms with E-state index >= 15 is 0 Å². The zero-order valence-electron chi connectivity index (χ0n) is 6.33. The molecule has 7 heteroatoms. The molecule has 0 aliphatic heterocycles. The molecule has 1 aromatic rings. The second-order valence-corrected chi connectivity index (χ2v) is 4.26. The Balaban J connectivity index is 3.04. The van der Waals surface area contributed by atoms with E-state index in [1.54, 1.807) is 22.6 Å². The van der Waals surface area contributed by atoms with Crippen LogP contribution in [0.15, 0.2) is 16.6 Å². The summed E-state index contributed by atoms with van der Waals surface area (Å²) in [6, 6.07) is 1.89. The molecule has 0 radical (unpaired) electrons. The Morgan fingerprint density at radius 2 is 1.86 bits per heavy atom. The zero-order valence-corrected chi connectivity index (χ0v) is 10.1. The van der Waals surface area contributed by atoms with Gasteiger partial charge in [-0.05, 0) is 50.7 Å². The van der Waals surface area contributed by atoms with Crippen LogP contribution in [-0.4, -0.2) is 6.36 Å². The van der Waals surface area contributed by atoms with E-state index in [2.05, 4.69) is 20.7 Å². The Morgan fingerprint density at radius 1 is 1.29 bits per heavy atom. The molecule has 0 saturated carbocycles. The predicted molar refractivity (Wildman–Crippen MR) is 53.5 cm³/mol. The first-order chi connectivity index (χ1) is 6.29. The van der Waals surface area contributed by atoms with Crippen molar-refractivity contribution < 1.29 is 22.3 Å². The van der Waals surface area contributed by atoms with Gasteiger partial charge in [-0.1, -0.05) is 0 Å². The summed E-state index contributed by atoms with van der Waals surface area (Å²) in [5, 5.41) is 0. The minimum atomic E-state index is -4.88. The van der Waals surface area contributed by atoms with Crippen LogP contribution in [0.2, 0.25) is 0 Å². The van der Waals surface area contributed by atoms with Gasteiger partial charge in [-0.3, -0.25) is 0 Å². The molecular formula is C7H2BrF4IO. The molecule has 0 N–H and O–H groups in total. The maximum absolute atomic E-state index is 12.9. The number of halogens is 6. The lowest BCUT2D eigenvalue weighted by atomic mass is 10.3. The Morgan fingerprint density at radius 3 is 2.36 bits per heavy atom. The number of alkyl halides is 3. The zero-order chi connectivity index (χ0) is 10.9. The van der Waals surface area contributed by atoms with Crippen molar-refractivity contribution in [2.75, 3.05) is 0 Å². The van der Waals surface area contributed by atoms with E-state index < -0.39 is 17.9 Å². The highest BCUT2D eigenvalue weighted by molar-refractivity contribution is 14.1. The largest absolute Gasteiger partial charge is 0.573 e. The average molecular weight is 385 g/mol. The number of hydrogen-bond donors (Lipinski definition) is 0. The molecule has 0 bridgehead atoms. The van der Waals surface area contributed by atoms with Crippen LogP contribution in [0.4, 0.5) is 17.6 Å². The Bertz CT molecular complexity index is 352. The summed E-state index contributed by atoms with van der Waals surface area (Å²) in [7, 11) is 0. The van der Waals surface area contributed by atoms with Gasteiger partial charge in [0.2, 0.25) is 0 Å². The second-order valence-electron chi connectivity index (χ2n) is 2.24. The van der Waals surface area contributed by atoms with E-state index in [4.69, 9.17) is 0 Å². The van der Waals surface area contributed by atoms with Crippen LogP contribution in [0.3, 0.4) is 0 Å². The van der Waals surface area contributed by atoms with E-state index in [0.717, 1.165) is 12.1 Å². The van der Waals surface area contributed by atoms with Crippen LogP contribution in [0.25, 0.3) is 0 Å². The maximum Gasteiger partial charge on any atom is 0.573 e. The average Bonchev–Trinajstić information content (AvgIpc) is 1.97. The van der Waals surface area contributed by atoms with Crippen molar-refractivity contribution in [2.45, 2.75) is 6.36 Å². The standard InChI is InChI=1S/C7H2BrF4IO/c8-3-1-6(14-7(10,11)12)4(9)2-5(3)13/h1-2H. The van der Waals surface area contributed by atoms with Gasteiger partial charge in [0.1, 0.15) is 0 Å². The fourth-order valence-electron chi connectivity index (χ4n) is 0.707. The fraction of sp³-hybridized carbons (Fsp3) is 0.143. The number of hydrogen-bond acceptors (Lipinski definition) is 1. The minimum Gasteiger partial charge on any atom is -0.403 e. The number of rotatable bonds is 1. The fourth-order valence-corrected chi connectivity index (χ4v) is 1.46. The Kier molecular flexibility index (Phi) is 3.62. The SMILES string of the molecule is Fc1cc(I)c(Br)cc1OC(F)(F)F. The van der Waals surface area contributed by atoms with Gasteiger partial charge in [-0.25, -0.2) is 4.39 Å². The summed E-state index contributed by atoms with van der Waals surface area (Å²) >= 11 is 4.75. The summed E-state index contributed by atoms with van der Waals surface area (Å²) in [6.45, 7) is 0. The summed E-state index contributed by atoms with van der Waals surface area (Å²) in [5.41, 5.74) is 0.